The van der Waals surface area contributed by atoms with Gasteiger partial charge in [0.25, 0.3) is 5.91 Å². The van der Waals surface area contributed by atoms with Crippen LogP contribution < -0.4 is 16.4 Å². The second kappa shape index (κ2) is 9.47. The number of benzene rings is 1. The third kappa shape index (κ3) is 5.51. The highest BCUT2D eigenvalue weighted by Crippen LogP contribution is 2.25. The van der Waals surface area contributed by atoms with Crippen LogP contribution in [0.15, 0.2) is 47.3 Å². The number of hydrogen-bond donors (Lipinski definition) is 3. The van der Waals surface area contributed by atoms with E-state index in [0.717, 1.165) is 0 Å². The van der Waals surface area contributed by atoms with Crippen molar-refractivity contribution in [3.63, 3.8) is 0 Å². The SMILES string of the molecule is NC(=O)NC(CC(=O)NC1CCN(C(=O)c2ccoc2)CC1)c1ccccc1Cl. The Kier molecular flexibility index (Phi) is 6.77. The van der Waals surface area contributed by atoms with Crippen LogP contribution in [0.4, 0.5) is 4.79 Å². The molecule has 4 N–H and O–H groups in total. The third-order valence-electron chi connectivity index (χ3n) is 4.90. The van der Waals surface area contributed by atoms with Crippen LogP contribution in [-0.4, -0.2) is 41.9 Å². The monoisotopic (exact) mass is 418 g/mol. The van der Waals surface area contributed by atoms with Crippen LogP contribution in [0, 0.1) is 0 Å². The van der Waals surface area contributed by atoms with E-state index >= 15 is 0 Å². The molecule has 3 rings (SSSR count). The van der Waals surface area contributed by atoms with Gasteiger partial charge in [-0.2, -0.15) is 0 Å². The number of carbonyl (C=O) groups is 3. The highest BCUT2D eigenvalue weighted by molar-refractivity contribution is 6.31. The Bertz CT molecular complexity index is 863. The summed E-state index contributed by atoms with van der Waals surface area (Å²) in [5, 5.41) is 6.00. The minimum Gasteiger partial charge on any atom is -0.472 e. The zero-order valence-corrected chi connectivity index (χ0v) is 16.5. The van der Waals surface area contributed by atoms with E-state index in [0.29, 0.717) is 42.1 Å². The molecule has 0 saturated carbocycles. The van der Waals surface area contributed by atoms with E-state index in [9.17, 15) is 14.4 Å². The number of furan rings is 1. The summed E-state index contributed by atoms with van der Waals surface area (Å²) < 4.78 is 4.96. The van der Waals surface area contributed by atoms with Gasteiger partial charge in [0.1, 0.15) is 6.26 Å². The van der Waals surface area contributed by atoms with Crippen LogP contribution in [0.25, 0.3) is 0 Å². The number of primary amides is 1. The molecule has 4 amide bonds. The fourth-order valence-corrected chi connectivity index (χ4v) is 3.70. The van der Waals surface area contributed by atoms with E-state index < -0.39 is 12.1 Å². The molecule has 0 aliphatic carbocycles. The minimum absolute atomic E-state index is 0.0147. The van der Waals surface area contributed by atoms with E-state index in [1.165, 1.54) is 12.5 Å². The van der Waals surface area contributed by atoms with Crippen LogP contribution in [0.5, 0.6) is 0 Å². The number of hydrogen-bond acceptors (Lipinski definition) is 4. The Morgan fingerprint density at radius 2 is 1.93 bits per heavy atom. The zero-order chi connectivity index (χ0) is 20.8. The van der Waals surface area contributed by atoms with Gasteiger partial charge in [0.2, 0.25) is 5.91 Å². The Hall–Kier alpha value is -3.00. The lowest BCUT2D eigenvalue weighted by Crippen LogP contribution is -2.47. The molecule has 1 atom stereocenters. The minimum atomic E-state index is -0.728. The molecule has 1 aliphatic rings. The lowest BCUT2D eigenvalue weighted by atomic mass is 10.0. The maximum Gasteiger partial charge on any atom is 0.312 e. The first-order chi connectivity index (χ1) is 13.9. The van der Waals surface area contributed by atoms with Crippen molar-refractivity contribution in [1.82, 2.24) is 15.5 Å². The fraction of sp³-hybridized carbons (Fsp3) is 0.350. The number of nitrogens with one attached hydrogen (secondary N) is 2. The van der Waals surface area contributed by atoms with Gasteiger partial charge in [-0.25, -0.2) is 4.79 Å². The molecular weight excluding hydrogens is 396 g/mol. The molecule has 1 unspecified atom stereocenters. The van der Waals surface area contributed by atoms with Gasteiger partial charge in [0, 0.05) is 24.2 Å². The molecule has 0 spiro atoms. The number of amides is 4. The molecule has 9 heteroatoms. The molecule has 8 nitrogen and oxygen atoms in total. The first-order valence-corrected chi connectivity index (χ1v) is 9.73. The Morgan fingerprint density at radius 1 is 1.21 bits per heavy atom. The smallest absolute Gasteiger partial charge is 0.312 e. The van der Waals surface area contributed by atoms with E-state index in [4.69, 9.17) is 21.8 Å². The van der Waals surface area contributed by atoms with Crippen molar-refractivity contribution in [3.05, 3.63) is 59.0 Å². The summed E-state index contributed by atoms with van der Waals surface area (Å²) in [6.45, 7) is 1.09. The number of likely N-dealkylation sites (tertiary alicyclic amines) is 1. The van der Waals surface area contributed by atoms with Crippen molar-refractivity contribution in [2.75, 3.05) is 13.1 Å². The summed E-state index contributed by atoms with van der Waals surface area (Å²) in [6.07, 6.45) is 4.21. The second-order valence-corrected chi connectivity index (χ2v) is 7.34. The van der Waals surface area contributed by atoms with Crippen molar-refractivity contribution < 1.29 is 18.8 Å². The van der Waals surface area contributed by atoms with Crippen LogP contribution in [0.3, 0.4) is 0 Å². The predicted octanol–water partition coefficient (Wildman–Crippen LogP) is 2.45. The average molecular weight is 419 g/mol. The molecule has 1 fully saturated rings. The number of nitrogens with two attached hydrogens (primary N) is 1. The maximum absolute atomic E-state index is 12.6. The summed E-state index contributed by atoms with van der Waals surface area (Å²) in [5.41, 5.74) is 6.40. The number of nitrogens with zero attached hydrogens (tertiary/aromatic N) is 1. The summed E-state index contributed by atoms with van der Waals surface area (Å²) in [5.74, 6) is -0.295. The van der Waals surface area contributed by atoms with Gasteiger partial charge >= 0.3 is 6.03 Å². The van der Waals surface area contributed by atoms with Crippen molar-refractivity contribution in [1.29, 1.82) is 0 Å². The summed E-state index contributed by atoms with van der Waals surface area (Å²) in [6, 6.07) is 7.23. The summed E-state index contributed by atoms with van der Waals surface area (Å²) in [7, 11) is 0. The number of carbonyl (C=O) groups excluding carboxylic acids is 3. The Labute approximate surface area is 173 Å². The van der Waals surface area contributed by atoms with Crippen molar-refractivity contribution in [3.8, 4) is 0 Å². The molecule has 1 aliphatic heterocycles. The number of halogens is 1. The molecule has 0 bridgehead atoms. The molecule has 1 aromatic carbocycles. The van der Waals surface area contributed by atoms with E-state index in [1.807, 2.05) is 0 Å². The van der Waals surface area contributed by atoms with Gasteiger partial charge < -0.3 is 25.7 Å². The van der Waals surface area contributed by atoms with E-state index in [1.54, 1.807) is 35.2 Å². The molecular formula is C20H23ClN4O4. The maximum atomic E-state index is 12.6. The number of urea groups is 1. The van der Waals surface area contributed by atoms with Gasteiger partial charge in [0.15, 0.2) is 0 Å². The van der Waals surface area contributed by atoms with Crippen molar-refractivity contribution >= 4 is 29.4 Å². The molecule has 29 heavy (non-hydrogen) atoms. The topological polar surface area (TPSA) is 118 Å². The van der Waals surface area contributed by atoms with Gasteiger partial charge in [0.05, 0.1) is 24.3 Å². The van der Waals surface area contributed by atoms with Crippen molar-refractivity contribution in [2.45, 2.75) is 31.3 Å². The van der Waals surface area contributed by atoms with Crippen LogP contribution in [0.1, 0.15) is 41.2 Å². The lowest BCUT2D eigenvalue weighted by molar-refractivity contribution is -0.122. The standard InChI is InChI=1S/C20H23ClN4O4/c21-16-4-2-1-3-15(16)17(24-20(22)28)11-18(26)23-14-5-8-25(9-6-14)19(27)13-7-10-29-12-13/h1-4,7,10,12,14,17H,5-6,8-9,11H2,(H,23,26)(H3,22,24,28). The highest BCUT2D eigenvalue weighted by Gasteiger charge is 2.26. The van der Waals surface area contributed by atoms with Crippen molar-refractivity contribution in [2.24, 2.45) is 5.73 Å². The highest BCUT2D eigenvalue weighted by atomic mass is 35.5. The first-order valence-electron chi connectivity index (χ1n) is 9.35. The molecule has 1 aromatic heterocycles. The van der Waals surface area contributed by atoms with E-state index in [-0.39, 0.29) is 24.3 Å². The Balaban J connectivity index is 1.54. The van der Waals surface area contributed by atoms with Gasteiger partial charge in [-0.05, 0) is 30.5 Å². The predicted molar refractivity (Wildman–Crippen MR) is 107 cm³/mol. The zero-order valence-electron chi connectivity index (χ0n) is 15.8. The third-order valence-corrected chi connectivity index (χ3v) is 5.25. The van der Waals surface area contributed by atoms with Gasteiger partial charge in [-0.3, -0.25) is 9.59 Å². The number of piperidine rings is 1. The quantitative estimate of drug-likeness (QED) is 0.667. The fourth-order valence-electron chi connectivity index (χ4n) is 3.44. The number of rotatable bonds is 6. The largest absolute Gasteiger partial charge is 0.472 e. The normalized spacial score (nSPS) is 15.6. The average Bonchev–Trinajstić information content (AvgIpc) is 3.22. The first kappa shape index (κ1) is 20.7. The lowest BCUT2D eigenvalue weighted by Gasteiger charge is -2.32. The van der Waals surface area contributed by atoms with Gasteiger partial charge in [-0.1, -0.05) is 29.8 Å². The second-order valence-electron chi connectivity index (χ2n) is 6.93. The Morgan fingerprint density at radius 3 is 2.55 bits per heavy atom. The summed E-state index contributed by atoms with van der Waals surface area (Å²) in [4.78, 5) is 38.0. The molecule has 2 aromatic rings. The molecule has 154 valence electrons. The van der Waals surface area contributed by atoms with Gasteiger partial charge in [-0.15, -0.1) is 0 Å². The van der Waals surface area contributed by atoms with E-state index in [2.05, 4.69) is 10.6 Å². The molecule has 2 heterocycles. The van der Waals surface area contributed by atoms with Crippen LogP contribution in [-0.2, 0) is 4.79 Å². The van der Waals surface area contributed by atoms with Crippen LogP contribution >= 0.6 is 11.6 Å². The molecule has 1 saturated heterocycles. The van der Waals surface area contributed by atoms with Crippen LogP contribution in [0.2, 0.25) is 5.02 Å². The summed E-state index contributed by atoms with van der Waals surface area (Å²) >= 11 is 6.20. The molecule has 0 radical (unpaired) electrons.